The number of benzene rings is 2. The first-order chi connectivity index (χ1) is 18.5. The fraction of sp³-hybridized carbons (Fsp3) is 0.394. The zero-order valence-electron chi connectivity index (χ0n) is 23.8. The van der Waals surface area contributed by atoms with Gasteiger partial charge < -0.3 is 10.2 Å². The first kappa shape index (κ1) is 33.2. The van der Waals surface area contributed by atoms with Gasteiger partial charge in [-0.2, -0.15) is 0 Å². The normalized spacial score (nSPS) is 14.5. The monoisotopic (exact) mass is 534 g/mol. The molecule has 0 amide bonds. The van der Waals surface area contributed by atoms with Crippen molar-refractivity contribution in [1.82, 2.24) is 0 Å². The summed E-state index contributed by atoms with van der Waals surface area (Å²) < 4.78 is 0. The number of carbonyl (C=O) groups excluding carboxylic acids is 2. The van der Waals surface area contributed by atoms with Gasteiger partial charge in [-0.1, -0.05) is 101 Å². The van der Waals surface area contributed by atoms with Crippen LogP contribution in [0.25, 0.3) is 5.57 Å². The number of hydrogen-bond donors (Lipinski definition) is 2. The molecule has 0 aliphatic heterocycles. The summed E-state index contributed by atoms with van der Waals surface area (Å²) in [4.78, 5) is 45.1. The molecule has 0 spiro atoms. The number of allylic oxidation sites excluding steroid dienone is 4. The molecule has 1 aliphatic rings. The van der Waals surface area contributed by atoms with Crippen LogP contribution in [0.4, 0.5) is 0 Å². The third-order valence-electron chi connectivity index (χ3n) is 6.08. The molecular weight excluding hydrogens is 492 g/mol. The molecular formula is C33H42O6. The van der Waals surface area contributed by atoms with Gasteiger partial charge in [0.2, 0.25) is 0 Å². The number of aliphatic carboxylic acids is 2. The molecule has 2 N–H and O–H groups in total. The predicted octanol–water partition coefficient (Wildman–Crippen LogP) is 7.67. The van der Waals surface area contributed by atoms with Crippen molar-refractivity contribution < 1.29 is 29.4 Å². The maximum absolute atomic E-state index is 12.7. The second kappa shape index (κ2) is 17.7. The molecule has 210 valence electrons. The lowest BCUT2D eigenvalue weighted by Gasteiger charge is -2.13. The van der Waals surface area contributed by atoms with Gasteiger partial charge in [-0.3, -0.25) is 19.2 Å². The third kappa shape index (κ3) is 12.5. The van der Waals surface area contributed by atoms with Crippen LogP contribution in [-0.4, -0.2) is 33.7 Å². The van der Waals surface area contributed by atoms with E-state index in [-0.39, 0.29) is 24.4 Å². The van der Waals surface area contributed by atoms with E-state index >= 15 is 0 Å². The van der Waals surface area contributed by atoms with Crippen molar-refractivity contribution in [3.8, 4) is 0 Å². The quantitative estimate of drug-likeness (QED) is 0.303. The Kier molecular flexibility index (Phi) is 15.0. The van der Waals surface area contributed by atoms with E-state index in [9.17, 15) is 24.3 Å². The second-order valence-electron chi connectivity index (χ2n) is 9.72. The first-order valence-corrected chi connectivity index (χ1v) is 13.6. The van der Waals surface area contributed by atoms with Gasteiger partial charge in [0, 0.05) is 24.0 Å². The molecule has 6 nitrogen and oxygen atoms in total. The number of carboxylic acid groups (broad SMARTS) is 2. The lowest BCUT2D eigenvalue weighted by Crippen LogP contribution is -2.19. The molecule has 0 saturated heterocycles. The summed E-state index contributed by atoms with van der Waals surface area (Å²) in [6.45, 7) is 9.53. The Bertz CT molecular complexity index is 1140. The lowest BCUT2D eigenvalue weighted by atomic mass is 9.91. The summed E-state index contributed by atoms with van der Waals surface area (Å²) in [6.07, 6.45) is 9.85. The standard InChI is InChI=1S/C27H28O4.C3H6O2.C3H8/c1-18-3-8-22(9-4-18)23-13-15-24(16-14-23)26(29)17-25(27(30)31)12-7-20-5-10-21(11-6-20)19(2)28;1-2-3(4)5;1-3-2/h3,5-6,8-11,13-16,18,25H,4,7,12,17H2,1-2H3,(H,30,31);2H2,1H3,(H,4,5);3H2,1-2H3. The van der Waals surface area contributed by atoms with Crippen molar-refractivity contribution in [1.29, 1.82) is 0 Å². The summed E-state index contributed by atoms with van der Waals surface area (Å²) >= 11 is 0. The van der Waals surface area contributed by atoms with E-state index in [4.69, 9.17) is 5.11 Å². The molecule has 0 fully saturated rings. The van der Waals surface area contributed by atoms with Crippen LogP contribution in [0.2, 0.25) is 0 Å². The van der Waals surface area contributed by atoms with Crippen molar-refractivity contribution in [2.24, 2.45) is 11.8 Å². The predicted molar refractivity (Wildman–Crippen MR) is 156 cm³/mol. The van der Waals surface area contributed by atoms with Gasteiger partial charge in [-0.05, 0) is 48.8 Å². The van der Waals surface area contributed by atoms with Crippen LogP contribution in [0.15, 0.2) is 66.8 Å². The number of ketones is 2. The molecule has 2 aromatic rings. The number of carboxylic acids is 2. The van der Waals surface area contributed by atoms with Crippen molar-refractivity contribution in [3.63, 3.8) is 0 Å². The molecule has 2 unspecified atom stereocenters. The van der Waals surface area contributed by atoms with E-state index in [0.29, 0.717) is 29.9 Å². The molecule has 0 heterocycles. The van der Waals surface area contributed by atoms with Gasteiger partial charge in [-0.25, -0.2) is 0 Å². The average molecular weight is 535 g/mol. The average Bonchev–Trinajstić information content (AvgIpc) is 2.92. The molecule has 2 aromatic carbocycles. The Morgan fingerprint density at radius 1 is 0.897 bits per heavy atom. The van der Waals surface area contributed by atoms with Gasteiger partial charge in [-0.15, -0.1) is 0 Å². The van der Waals surface area contributed by atoms with Gasteiger partial charge in [0.05, 0.1) is 5.92 Å². The second-order valence-corrected chi connectivity index (χ2v) is 9.72. The van der Waals surface area contributed by atoms with Crippen molar-refractivity contribution in [2.45, 2.75) is 73.1 Å². The Morgan fingerprint density at radius 3 is 1.87 bits per heavy atom. The molecule has 6 heteroatoms. The minimum Gasteiger partial charge on any atom is -0.481 e. The van der Waals surface area contributed by atoms with Gasteiger partial charge in [0.25, 0.3) is 0 Å². The summed E-state index contributed by atoms with van der Waals surface area (Å²) in [5.74, 6) is -2.07. The van der Waals surface area contributed by atoms with E-state index in [1.54, 1.807) is 31.2 Å². The van der Waals surface area contributed by atoms with E-state index in [2.05, 4.69) is 39.0 Å². The van der Waals surface area contributed by atoms with Crippen molar-refractivity contribution in [3.05, 3.63) is 89.0 Å². The Morgan fingerprint density at radius 2 is 1.44 bits per heavy atom. The Hall–Kier alpha value is -3.80. The van der Waals surface area contributed by atoms with E-state index < -0.39 is 17.9 Å². The van der Waals surface area contributed by atoms with Crippen LogP contribution in [0.3, 0.4) is 0 Å². The van der Waals surface area contributed by atoms with Crippen LogP contribution in [-0.2, 0) is 16.0 Å². The van der Waals surface area contributed by atoms with Crippen LogP contribution in [0.5, 0.6) is 0 Å². The van der Waals surface area contributed by atoms with E-state index in [1.165, 1.54) is 13.3 Å². The fourth-order valence-electron chi connectivity index (χ4n) is 3.69. The smallest absolute Gasteiger partial charge is 0.306 e. The highest BCUT2D eigenvalue weighted by molar-refractivity contribution is 5.98. The van der Waals surface area contributed by atoms with Crippen LogP contribution < -0.4 is 0 Å². The van der Waals surface area contributed by atoms with Crippen LogP contribution in [0, 0.1) is 11.8 Å². The summed E-state index contributed by atoms with van der Waals surface area (Å²) in [7, 11) is 0. The van der Waals surface area contributed by atoms with Gasteiger partial charge >= 0.3 is 11.9 Å². The zero-order chi connectivity index (χ0) is 29.4. The molecule has 2 atom stereocenters. The maximum atomic E-state index is 12.7. The van der Waals surface area contributed by atoms with Crippen LogP contribution >= 0.6 is 0 Å². The SMILES string of the molecule is CC(=O)c1ccc(CCC(CC(=O)c2ccc(C3=CCC(C)C=C3)cc2)C(=O)O)cc1.CCC.CCC(=O)O. The minimum absolute atomic E-state index is 0.00284. The zero-order valence-corrected chi connectivity index (χ0v) is 23.8. The molecule has 39 heavy (non-hydrogen) atoms. The number of carbonyl (C=O) groups is 4. The summed E-state index contributed by atoms with van der Waals surface area (Å²) in [5.41, 5.74) is 4.33. The van der Waals surface area contributed by atoms with Gasteiger partial charge in [0.15, 0.2) is 11.6 Å². The molecule has 0 aromatic heterocycles. The highest BCUT2D eigenvalue weighted by Crippen LogP contribution is 2.25. The van der Waals surface area contributed by atoms with Crippen LogP contribution in [0.1, 0.15) is 98.6 Å². The molecule has 0 saturated carbocycles. The molecule has 0 radical (unpaired) electrons. The number of Topliss-reactive ketones (excluding diaryl/α,β-unsaturated/α-hetero) is 2. The van der Waals surface area contributed by atoms with Crippen molar-refractivity contribution in [2.75, 3.05) is 0 Å². The summed E-state index contributed by atoms with van der Waals surface area (Å²) in [6, 6.07) is 14.6. The van der Waals surface area contributed by atoms with Gasteiger partial charge in [0.1, 0.15) is 0 Å². The van der Waals surface area contributed by atoms with E-state index in [0.717, 1.165) is 23.1 Å². The molecule has 1 aliphatic carbocycles. The van der Waals surface area contributed by atoms with Crippen molar-refractivity contribution >= 4 is 29.1 Å². The Labute approximate surface area is 232 Å². The highest BCUT2D eigenvalue weighted by Gasteiger charge is 2.22. The Balaban J connectivity index is 0.000000838. The fourth-order valence-corrected chi connectivity index (χ4v) is 3.69. The highest BCUT2D eigenvalue weighted by atomic mass is 16.4. The number of hydrogen-bond acceptors (Lipinski definition) is 4. The molecule has 0 bridgehead atoms. The maximum Gasteiger partial charge on any atom is 0.306 e. The van der Waals surface area contributed by atoms with E-state index in [1.807, 2.05) is 24.3 Å². The first-order valence-electron chi connectivity index (χ1n) is 13.6. The number of rotatable bonds is 10. The number of aryl methyl sites for hydroxylation is 1. The third-order valence-corrected chi connectivity index (χ3v) is 6.08. The summed E-state index contributed by atoms with van der Waals surface area (Å²) in [5, 5.41) is 17.3. The minimum atomic E-state index is -0.961. The topological polar surface area (TPSA) is 109 Å². The molecule has 3 rings (SSSR count). The largest absolute Gasteiger partial charge is 0.481 e. The lowest BCUT2D eigenvalue weighted by molar-refractivity contribution is -0.142.